The van der Waals surface area contributed by atoms with Gasteiger partial charge in [0.25, 0.3) is 0 Å². The van der Waals surface area contributed by atoms with Gasteiger partial charge in [0.05, 0.1) is 17.6 Å². The standard InChI is InChI=1S/C16H18N4O/c1-12(21)20-7-4-13(5-8-20)15-10-18-11-16(19-15)14-3-2-6-17-9-14/h2-3,6,9-11,13H,4-5,7-8H2,1H3. The highest BCUT2D eigenvalue weighted by Crippen LogP contribution is 2.27. The van der Waals surface area contributed by atoms with E-state index in [9.17, 15) is 4.79 Å². The van der Waals surface area contributed by atoms with Crippen LogP contribution in [0.4, 0.5) is 0 Å². The van der Waals surface area contributed by atoms with Crippen LogP contribution in [0, 0.1) is 0 Å². The van der Waals surface area contributed by atoms with E-state index in [1.165, 1.54) is 0 Å². The van der Waals surface area contributed by atoms with Gasteiger partial charge in [0.2, 0.25) is 5.91 Å². The van der Waals surface area contributed by atoms with Crippen LogP contribution in [0.3, 0.4) is 0 Å². The Labute approximate surface area is 124 Å². The van der Waals surface area contributed by atoms with Gasteiger partial charge in [-0.25, -0.2) is 4.98 Å². The van der Waals surface area contributed by atoms with Crippen molar-refractivity contribution in [3.05, 3.63) is 42.6 Å². The van der Waals surface area contributed by atoms with Crippen molar-refractivity contribution >= 4 is 5.91 Å². The maximum absolute atomic E-state index is 11.4. The normalized spacial score (nSPS) is 16.0. The van der Waals surface area contributed by atoms with Crippen LogP contribution >= 0.6 is 0 Å². The molecule has 3 heterocycles. The number of likely N-dealkylation sites (tertiary alicyclic amines) is 1. The van der Waals surface area contributed by atoms with Crippen LogP contribution in [0.15, 0.2) is 36.9 Å². The van der Waals surface area contributed by atoms with Gasteiger partial charge in [0.15, 0.2) is 0 Å². The molecule has 0 bridgehead atoms. The smallest absolute Gasteiger partial charge is 0.219 e. The molecule has 1 amide bonds. The number of hydrogen-bond acceptors (Lipinski definition) is 4. The average Bonchev–Trinajstić information content (AvgIpc) is 2.56. The summed E-state index contributed by atoms with van der Waals surface area (Å²) in [5, 5.41) is 0. The van der Waals surface area contributed by atoms with Crippen molar-refractivity contribution in [3.8, 4) is 11.3 Å². The maximum Gasteiger partial charge on any atom is 0.219 e. The molecule has 0 aromatic carbocycles. The van der Waals surface area contributed by atoms with Crippen LogP contribution in [0.25, 0.3) is 11.3 Å². The molecule has 0 spiro atoms. The summed E-state index contributed by atoms with van der Waals surface area (Å²) in [6, 6.07) is 3.88. The number of aromatic nitrogens is 3. The van der Waals surface area contributed by atoms with Crippen molar-refractivity contribution in [1.29, 1.82) is 0 Å². The molecule has 2 aromatic heterocycles. The SMILES string of the molecule is CC(=O)N1CCC(c2cncc(-c3cccnc3)n2)CC1. The molecule has 21 heavy (non-hydrogen) atoms. The summed E-state index contributed by atoms with van der Waals surface area (Å²) in [6.07, 6.45) is 9.05. The van der Waals surface area contributed by atoms with Crippen molar-refractivity contribution in [3.63, 3.8) is 0 Å². The predicted molar refractivity (Wildman–Crippen MR) is 79.5 cm³/mol. The number of carbonyl (C=O) groups excluding carboxylic acids is 1. The van der Waals surface area contributed by atoms with E-state index in [0.717, 1.165) is 42.9 Å². The van der Waals surface area contributed by atoms with Gasteiger partial charge < -0.3 is 4.90 Å². The Morgan fingerprint density at radius 3 is 2.67 bits per heavy atom. The van der Waals surface area contributed by atoms with Crippen LogP contribution in [0.5, 0.6) is 0 Å². The lowest BCUT2D eigenvalue weighted by Gasteiger charge is -2.30. The minimum Gasteiger partial charge on any atom is -0.343 e. The van der Waals surface area contributed by atoms with Crippen LogP contribution in [-0.2, 0) is 4.79 Å². The third-order valence-corrected chi connectivity index (χ3v) is 3.97. The summed E-state index contributed by atoms with van der Waals surface area (Å²) in [6.45, 7) is 3.24. The number of hydrogen-bond donors (Lipinski definition) is 0. The van der Waals surface area contributed by atoms with Crippen LogP contribution in [0.1, 0.15) is 31.4 Å². The summed E-state index contributed by atoms with van der Waals surface area (Å²) in [7, 11) is 0. The van der Waals surface area contributed by atoms with Crippen LogP contribution in [0.2, 0.25) is 0 Å². The number of rotatable bonds is 2. The molecular weight excluding hydrogens is 264 g/mol. The molecule has 0 aliphatic carbocycles. The Kier molecular flexibility index (Phi) is 3.90. The van der Waals surface area contributed by atoms with Crippen molar-refractivity contribution in [1.82, 2.24) is 19.9 Å². The maximum atomic E-state index is 11.4. The molecule has 5 nitrogen and oxygen atoms in total. The Morgan fingerprint density at radius 1 is 1.19 bits per heavy atom. The molecular formula is C16H18N4O. The quantitative estimate of drug-likeness (QED) is 0.847. The summed E-state index contributed by atoms with van der Waals surface area (Å²) in [5.74, 6) is 0.536. The van der Waals surface area contributed by atoms with Gasteiger partial charge in [0, 0.05) is 50.1 Å². The number of amides is 1. The molecule has 0 radical (unpaired) electrons. The zero-order valence-corrected chi connectivity index (χ0v) is 12.1. The van der Waals surface area contributed by atoms with E-state index >= 15 is 0 Å². The fourth-order valence-corrected chi connectivity index (χ4v) is 2.72. The van der Waals surface area contributed by atoms with E-state index in [4.69, 9.17) is 4.98 Å². The fourth-order valence-electron chi connectivity index (χ4n) is 2.72. The Morgan fingerprint density at radius 2 is 2.00 bits per heavy atom. The Hall–Kier alpha value is -2.30. The fraction of sp³-hybridized carbons (Fsp3) is 0.375. The Bertz CT molecular complexity index is 621. The minimum atomic E-state index is 0.156. The summed E-state index contributed by atoms with van der Waals surface area (Å²) >= 11 is 0. The summed E-state index contributed by atoms with van der Waals surface area (Å²) in [4.78, 5) is 26.4. The second-order valence-corrected chi connectivity index (χ2v) is 5.35. The first-order chi connectivity index (χ1) is 10.2. The van der Waals surface area contributed by atoms with Gasteiger partial charge in [-0.1, -0.05) is 0 Å². The van der Waals surface area contributed by atoms with E-state index in [0.29, 0.717) is 5.92 Å². The largest absolute Gasteiger partial charge is 0.343 e. The number of pyridine rings is 1. The highest BCUT2D eigenvalue weighted by Gasteiger charge is 2.23. The molecule has 0 atom stereocenters. The molecule has 1 saturated heterocycles. The lowest BCUT2D eigenvalue weighted by atomic mass is 9.93. The molecule has 1 aliphatic heterocycles. The second-order valence-electron chi connectivity index (χ2n) is 5.35. The molecule has 1 fully saturated rings. The van der Waals surface area contributed by atoms with Gasteiger partial charge in [-0.3, -0.25) is 14.8 Å². The minimum absolute atomic E-state index is 0.156. The van der Waals surface area contributed by atoms with Gasteiger partial charge in [-0.2, -0.15) is 0 Å². The third-order valence-electron chi connectivity index (χ3n) is 3.97. The molecule has 1 aliphatic rings. The molecule has 5 heteroatoms. The highest BCUT2D eigenvalue weighted by molar-refractivity contribution is 5.73. The molecule has 108 valence electrons. The van der Waals surface area contributed by atoms with Crippen molar-refractivity contribution in [2.75, 3.05) is 13.1 Å². The first-order valence-electron chi connectivity index (χ1n) is 7.22. The zero-order valence-electron chi connectivity index (χ0n) is 12.1. The monoisotopic (exact) mass is 282 g/mol. The first-order valence-corrected chi connectivity index (χ1v) is 7.22. The third kappa shape index (κ3) is 3.07. The summed E-state index contributed by atoms with van der Waals surface area (Å²) in [5.41, 5.74) is 2.85. The molecule has 0 saturated carbocycles. The van der Waals surface area contributed by atoms with Crippen LogP contribution in [-0.4, -0.2) is 38.8 Å². The van der Waals surface area contributed by atoms with E-state index in [-0.39, 0.29) is 5.91 Å². The number of nitrogens with zero attached hydrogens (tertiary/aromatic N) is 4. The Balaban J connectivity index is 1.77. The van der Waals surface area contributed by atoms with E-state index in [1.54, 1.807) is 25.5 Å². The van der Waals surface area contributed by atoms with Crippen LogP contribution < -0.4 is 0 Å². The highest BCUT2D eigenvalue weighted by atomic mass is 16.2. The topological polar surface area (TPSA) is 59.0 Å². The van der Waals surface area contributed by atoms with Gasteiger partial charge in [-0.05, 0) is 25.0 Å². The second kappa shape index (κ2) is 5.99. The zero-order chi connectivity index (χ0) is 14.7. The molecule has 3 rings (SSSR count). The number of piperidine rings is 1. The average molecular weight is 282 g/mol. The van der Waals surface area contributed by atoms with Crippen molar-refractivity contribution < 1.29 is 4.79 Å². The van der Waals surface area contributed by atoms with Gasteiger partial charge in [0.1, 0.15) is 0 Å². The lowest BCUT2D eigenvalue weighted by molar-refractivity contribution is -0.129. The van der Waals surface area contributed by atoms with Gasteiger partial charge >= 0.3 is 0 Å². The van der Waals surface area contributed by atoms with Crippen molar-refractivity contribution in [2.45, 2.75) is 25.7 Å². The first kappa shape index (κ1) is 13.7. The summed E-state index contributed by atoms with van der Waals surface area (Å²) < 4.78 is 0. The van der Waals surface area contributed by atoms with E-state index in [1.807, 2.05) is 23.2 Å². The van der Waals surface area contributed by atoms with E-state index < -0.39 is 0 Å². The van der Waals surface area contributed by atoms with Gasteiger partial charge in [-0.15, -0.1) is 0 Å². The van der Waals surface area contributed by atoms with Crippen molar-refractivity contribution in [2.24, 2.45) is 0 Å². The number of carbonyl (C=O) groups is 1. The predicted octanol–water partition coefficient (Wildman–Crippen LogP) is 2.26. The lowest BCUT2D eigenvalue weighted by Crippen LogP contribution is -2.36. The molecule has 0 unspecified atom stereocenters. The molecule has 2 aromatic rings. The molecule has 0 N–H and O–H groups in total. The van der Waals surface area contributed by atoms with E-state index in [2.05, 4.69) is 9.97 Å².